The van der Waals surface area contributed by atoms with E-state index in [1.807, 2.05) is 24.8 Å². The molecule has 0 radical (unpaired) electrons. The number of rotatable bonds is 5. The topological polar surface area (TPSA) is 59.0 Å². The van der Waals surface area contributed by atoms with E-state index < -0.39 is 6.10 Å². The third-order valence-corrected chi connectivity index (χ3v) is 4.85. The van der Waals surface area contributed by atoms with Crippen molar-refractivity contribution in [1.29, 1.82) is 0 Å². The minimum absolute atomic E-state index is 0.0389. The van der Waals surface area contributed by atoms with Crippen LogP contribution in [-0.2, 0) is 27.2 Å². The summed E-state index contributed by atoms with van der Waals surface area (Å²) in [7, 11) is 0. The standard InChI is InChI=1S/C19H27NO4/c1-13(2)18(24-12-17-4-3-9-23-17)19(22)20-8-7-14-5-6-16(21)10-15(14)11-20/h5-6,10,13,17-18,21H,3-4,7-9,11-12H2,1-2H3/t17-,18+/m0/s1. The molecule has 5 heteroatoms. The van der Waals surface area contributed by atoms with Crippen LogP contribution in [0, 0.1) is 5.92 Å². The summed E-state index contributed by atoms with van der Waals surface area (Å²) in [5, 5.41) is 9.67. The Morgan fingerprint density at radius 1 is 1.42 bits per heavy atom. The number of aromatic hydroxyl groups is 1. The van der Waals surface area contributed by atoms with Crippen LogP contribution in [0.5, 0.6) is 5.75 Å². The summed E-state index contributed by atoms with van der Waals surface area (Å²) >= 11 is 0. The molecule has 0 unspecified atom stereocenters. The maximum Gasteiger partial charge on any atom is 0.252 e. The Bertz CT molecular complexity index is 581. The normalized spacial score (nSPS) is 21.8. The number of phenolic OH excluding ortho intramolecular Hbond substituents is 1. The number of carbonyl (C=O) groups is 1. The van der Waals surface area contributed by atoms with Gasteiger partial charge < -0.3 is 19.5 Å². The average molecular weight is 333 g/mol. The summed E-state index contributed by atoms with van der Waals surface area (Å²) in [6.07, 6.45) is 2.58. The summed E-state index contributed by atoms with van der Waals surface area (Å²) < 4.78 is 11.5. The number of carbonyl (C=O) groups excluding carboxylic acids is 1. The highest BCUT2D eigenvalue weighted by Crippen LogP contribution is 2.25. The van der Waals surface area contributed by atoms with Crippen molar-refractivity contribution in [3.8, 4) is 5.75 Å². The average Bonchev–Trinajstić information content (AvgIpc) is 3.07. The van der Waals surface area contributed by atoms with Gasteiger partial charge >= 0.3 is 0 Å². The fourth-order valence-electron chi connectivity index (χ4n) is 3.45. The zero-order chi connectivity index (χ0) is 17.1. The van der Waals surface area contributed by atoms with E-state index >= 15 is 0 Å². The molecule has 0 saturated carbocycles. The summed E-state index contributed by atoms with van der Waals surface area (Å²) in [6, 6.07) is 5.41. The lowest BCUT2D eigenvalue weighted by atomic mass is 9.98. The van der Waals surface area contributed by atoms with E-state index in [-0.39, 0.29) is 23.7 Å². The molecule has 132 valence electrons. The Hall–Kier alpha value is -1.59. The Morgan fingerprint density at radius 3 is 2.96 bits per heavy atom. The first-order valence-electron chi connectivity index (χ1n) is 8.87. The monoisotopic (exact) mass is 333 g/mol. The van der Waals surface area contributed by atoms with Gasteiger partial charge in [0, 0.05) is 19.7 Å². The predicted molar refractivity (Wildman–Crippen MR) is 90.8 cm³/mol. The number of hydrogen-bond donors (Lipinski definition) is 1. The smallest absolute Gasteiger partial charge is 0.252 e. The minimum Gasteiger partial charge on any atom is -0.508 e. The van der Waals surface area contributed by atoms with Gasteiger partial charge in [-0.1, -0.05) is 19.9 Å². The molecule has 2 aliphatic heterocycles. The molecule has 0 aromatic heterocycles. The quantitative estimate of drug-likeness (QED) is 0.899. The third-order valence-electron chi connectivity index (χ3n) is 4.85. The van der Waals surface area contributed by atoms with Crippen molar-refractivity contribution >= 4 is 5.91 Å². The van der Waals surface area contributed by atoms with E-state index in [9.17, 15) is 9.90 Å². The van der Waals surface area contributed by atoms with Gasteiger partial charge in [0.1, 0.15) is 11.9 Å². The largest absolute Gasteiger partial charge is 0.508 e. The molecule has 0 bridgehead atoms. The van der Waals surface area contributed by atoms with Gasteiger partial charge in [-0.3, -0.25) is 4.79 Å². The Balaban J connectivity index is 1.64. The van der Waals surface area contributed by atoms with Crippen molar-refractivity contribution in [2.45, 2.75) is 51.9 Å². The Kier molecular flexibility index (Phi) is 5.41. The van der Waals surface area contributed by atoms with Crippen LogP contribution in [0.25, 0.3) is 0 Å². The van der Waals surface area contributed by atoms with Gasteiger partial charge in [-0.05, 0) is 48.4 Å². The fraction of sp³-hybridized carbons (Fsp3) is 0.632. The zero-order valence-corrected chi connectivity index (χ0v) is 14.5. The molecule has 5 nitrogen and oxygen atoms in total. The van der Waals surface area contributed by atoms with Crippen LogP contribution in [-0.4, -0.2) is 47.9 Å². The molecule has 1 aromatic rings. The number of nitrogens with zero attached hydrogens (tertiary/aromatic N) is 1. The van der Waals surface area contributed by atoms with E-state index in [0.717, 1.165) is 31.4 Å². The molecule has 0 spiro atoms. The van der Waals surface area contributed by atoms with Crippen molar-refractivity contribution in [3.63, 3.8) is 0 Å². The van der Waals surface area contributed by atoms with Crippen molar-refractivity contribution in [1.82, 2.24) is 4.90 Å². The number of benzene rings is 1. The van der Waals surface area contributed by atoms with Gasteiger partial charge in [-0.25, -0.2) is 0 Å². The number of amides is 1. The maximum atomic E-state index is 12.9. The Morgan fingerprint density at radius 2 is 2.25 bits per heavy atom. The predicted octanol–water partition coefficient (Wildman–Crippen LogP) is 2.50. The van der Waals surface area contributed by atoms with Crippen molar-refractivity contribution in [2.24, 2.45) is 5.92 Å². The van der Waals surface area contributed by atoms with Crippen molar-refractivity contribution in [2.75, 3.05) is 19.8 Å². The Labute approximate surface area is 143 Å². The fourth-order valence-corrected chi connectivity index (χ4v) is 3.45. The maximum absolute atomic E-state index is 12.9. The second-order valence-corrected chi connectivity index (χ2v) is 7.10. The molecule has 2 aliphatic rings. The van der Waals surface area contributed by atoms with Crippen LogP contribution in [0.3, 0.4) is 0 Å². The lowest BCUT2D eigenvalue weighted by Crippen LogP contribution is -2.45. The first-order chi connectivity index (χ1) is 11.5. The number of hydrogen-bond acceptors (Lipinski definition) is 4. The molecule has 1 amide bonds. The highest BCUT2D eigenvalue weighted by atomic mass is 16.5. The van der Waals surface area contributed by atoms with Crippen LogP contribution in [0.4, 0.5) is 0 Å². The van der Waals surface area contributed by atoms with Crippen molar-refractivity contribution in [3.05, 3.63) is 29.3 Å². The van der Waals surface area contributed by atoms with Gasteiger partial charge in [0.05, 0.1) is 12.7 Å². The summed E-state index contributed by atoms with van der Waals surface area (Å²) in [5.41, 5.74) is 2.23. The van der Waals surface area contributed by atoms with Crippen LogP contribution in [0.2, 0.25) is 0 Å². The molecule has 2 heterocycles. The van der Waals surface area contributed by atoms with Crippen molar-refractivity contribution < 1.29 is 19.4 Å². The number of ether oxygens (including phenoxy) is 2. The lowest BCUT2D eigenvalue weighted by molar-refractivity contribution is -0.150. The van der Waals surface area contributed by atoms with E-state index in [1.165, 1.54) is 5.56 Å². The third kappa shape index (κ3) is 3.90. The molecule has 1 saturated heterocycles. The van der Waals surface area contributed by atoms with E-state index in [0.29, 0.717) is 19.7 Å². The van der Waals surface area contributed by atoms with Crippen LogP contribution < -0.4 is 0 Å². The van der Waals surface area contributed by atoms with Crippen LogP contribution in [0.1, 0.15) is 37.8 Å². The van der Waals surface area contributed by atoms with Gasteiger partial charge in [-0.15, -0.1) is 0 Å². The zero-order valence-electron chi connectivity index (χ0n) is 14.5. The molecule has 1 fully saturated rings. The van der Waals surface area contributed by atoms with E-state index in [2.05, 4.69) is 0 Å². The first-order valence-corrected chi connectivity index (χ1v) is 8.87. The second kappa shape index (κ2) is 7.53. The molecule has 1 aromatic carbocycles. The molecule has 1 N–H and O–H groups in total. The molecule has 0 aliphatic carbocycles. The molecule has 2 atom stereocenters. The van der Waals surface area contributed by atoms with E-state index in [4.69, 9.17) is 9.47 Å². The number of fused-ring (bicyclic) bond motifs is 1. The second-order valence-electron chi connectivity index (χ2n) is 7.10. The first kappa shape index (κ1) is 17.2. The molecular weight excluding hydrogens is 306 g/mol. The van der Waals surface area contributed by atoms with Crippen LogP contribution in [0.15, 0.2) is 18.2 Å². The molecule has 3 rings (SSSR count). The highest BCUT2D eigenvalue weighted by Gasteiger charge is 2.31. The van der Waals surface area contributed by atoms with Gasteiger partial charge in [0.15, 0.2) is 0 Å². The molecule has 24 heavy (non-hydrogen) atoms. The van der Waals surface area contributed by atoms with Crippen LogP contribution >= 0.6 is 0 Å². The summed E-state index contributed by atoms with van der Waals surface area (Å²) in [5.74, 6) is 0.402. The number of phenols is 1. The van der Waals surface area contributed by atoms with Gasteiger partial charge in [0.25, 0.3) is 5.91 Å². The SMILES string of the molecule is CC(C)[C@@H](OC[C@@H]1CCCO1)C(=O)N1CCc2ccc(O)cc2C1. The summed E-state index contributed by atoms with van der Waals surface area (Å²) in [6.45, 7) is 6.54. The highest BCUT2D eigenvalue weighted by molar-refractivity contribution is 5.81. The van der Waals surface area contributed by atoms with Gasteiger partial charge in [0.2, 0.25) is 0 Å². The van der Waals surface area contributed by atoms with E-state index in [1.54, 1.807) is 12.1 Å². The minimum atomic E-state index is -0.437. The van der Waals surface area contributed by atoms with Gasteiger partial charge in [-0.2, -0.15) is 0 Å². The summed E-state index contributed by atoms with van der Waals surface area (Å²) in [4.78, 5) is 14.8. The lowest BCUT2D eigenvalue weighted by Gasteiger charge is -2.33. The molecular formula is C19H27NO4.